The molecule has 2 nitrogen and oxygen atoms in total. The molecule has 1 N–H and O–H groups in total. The van der Waals surface area contributed by atoms with Crippen LogP contribution in [-0.2, 0) is 18.0 Å². The highest BCUT2D eigenvalue weighted by molar-refractivity contribution is 9.10. The van der Waals surface area contributed by atoms with Gasteiger partial charge >= 0.3 is 0 Å². The van der Waals surface area contributed by atoms with Crippen molar-refractivity contribution < 1.29 is 9.84 Å². The molecule has 0 aliphatic heterocycles. The summed E-state index contributed by atoms with van der Waals surface area (Å²) in [6.07, 6.45) is 0.508. The topological polar surface area (TPSA) is 29.5 Å². The second-order valence-corrected chi connectivity index (χ2v) is 6.07. The van der Waals surface area contributed by atoms with Crippen LogP contribution in [0.25, 0.3) is 0 Å². The van der Waals surface area contributed by atoms with Crippen molar-refractivity contribution in [3.8, 4) is 11.8 Å². The fraction of sp³-hybridized carbons (Fsp3) is 0.250. The molecule has 0 saturated heterocycles. The Balaban J connectivity index is 1.89. The third kappa shape index (κ3) is 4.77. The van der Waals surface area contributed by atoms with E-state index in [1.165, 1.54) is 0 Å². The normalized spacial score (nSPS) is 10.1. The summed E-state index contributed by atoms with van der Waals surface area (Å²) in [5, 5.41) is 10.7. The molecule has 0 amide bonds. The molecule has 0 fully saturated rings. The van der Waals surface area contributed by atoms with E-state index in [0.29, 0.717) is 19.6 Å². The van der Waals surface area contributed by atoms with Gasteiger partial charge in [-0.3, -0.25) is 0 Å². The lowest BCUT2D eigenvalue weighted by molar-refractivity contribution is 0.109. The van der Waals surface area contributed by atoms with Gasteiger partial charge in [-0.15, -0.1) is 11.3 Å². The van der Waals surface area contributed by atoms with Crippen molar-refractivity contribution in [1.82, 2.24) is 0 Å². The van der Waals surface area contributed by atoms with Crippen LogP contribution >= 0.6 is 27.3 Å². The fourth-order valence-corrected chi connectivity index (χ4v) is 2.88. The van der Waals surface area contributed by atoms with Crippen LogP contribution in [0.3, 0.4) is 0 Å². The van der Waals surface area contributed by atoms with Crippen LogP contribution in [-0.4, -0.2) is 11.7 Å². The van der Waals surface area contributed by atoms with Crippen LogP contribution in [0.15, 0.2) is 40.2 Å². The number of hydrogen-bond donors (Lipinski definition) is 1. The minimum absolute atomic E-state index is 0.103. The van der Waals surface area contributed by atoms with Crippen molar-refractivity contribution in [1.29, 1.82) is 0 Å². The highest BCUT2D eigenvalue weighted by Crippen LogP contribution is 2.18. The molecule has 0 aliphatic rings. The van der Waals surface area contributed by atoms with Gasteiger partial charge in [-0.05, 0) is 29.1 Å². The third-order valence-electron chi connectivity index (χ3n) is 2.60. The predicted molar refractivity (Wildman–Crippen MR) is 85.5 cm³/mol. The van der Waals surface area contributed by atoms with Gasteiger partial charge in [-0.25, -0.2) is 0 Å². The minimum atomic E-state index is 0.103. The van der Waals surface area contributed by atoms with Gasteiger partial charge in [0.05, 0.1) is 19.8 Å². The van der Waals surface area contributed by atoms with Crippen LogP contribution in [0.2, 0.25) is 0 Å². The largest absolute Gasteiger partial charge is 0.395 e. The third-order valence-corrected chi connectivity index (χ3v) is 3.98. The van der Waals surface area contributed by atoms with Crippen molar-refractivity contribution in [2.75, 3.05) is 6.61 Å². The first-order valence-corrected chi connectivity index (χ1v) is 7.95. The van der Waals surface area contributed by atoms with Gasteiger partial charge in [-0.1, -0.05) is 39.9 Å². The lowest BCUT2D eigenvalue weighted by atomic mass is 10.2. The monoisotopic (exact) mass is 350 g/mol. The number of aliphatic hydroxyl groups excluding tert-OH is 1. The van der Waals surface area contributed by atoms with Gasteiger partial charge < -0.3 is 9.84 Å². The zero-order chi connectivity index (χ0) is 14.2. The molecule has 1 aromatic carbocycles. The molecule has 20 heavy (non-hydrogen) atoms. The van der Waals surface area contributed by atoms with Crippen LogP contribution in [0.1, 0.15) is 22.4 Å². The Labute approximate surface area is 131 Å². The van der Waals surface area contributed by atoms with Crippen molar-refractivity contribution in [2.45, 2.75) is 19.6 Å². The average molecular weight is 351 g/mol. The molecule has 0 aliphatic carbocycles. The number of rotatable bonds is 5. The molecule has 1 aromatic heterocycles. The second-order valence-electron chi connectivity index (χ2n) is 4.16. The highest BCUT2D eigenvalue weighted by Gasteiger charge is 2.02. The van der Waals surface area contributed by atoms with E-state index in [9.17, 15) is 0 Å². The lowest BCUT2D eigenvalue weighted by Crippen LogP contribution is -1.94. The number of thiophene rings is 1. The number of hydrogen-bond acceptors (Lipinski definition) is 3. The molecule has 0 bridgehead atoms. The first-order chi connectivity index (χ1) is 9.79. The van der Waals surface area contributed by atoms with E-state index >= 15 is 0 Å². The molecular weight excluding hydrogens is 336 g/mol. The van der Waals surface area contributed by atoms with Gasteiger partial charge in [0.25, 0.3) is 0 Å². The molecule has 0 unspecified atom stereocenters. The summed E-state index contributed by atoms with van der Waals surface area (Å²) in [7, 11) is 0. The number of benzene rings is 1. The smallest absolute Gasteiger partial charge is 0.0826 e. The van der Waals surface area contributed by atoms with Crippen molar-refractivity contribution in [2.24, 2.45) is 0 Å². The summed E-state index contributed by atoms with van der Waals surface area (Å²) in [4.78, 5) is 1.13. The molecule has 0 saturated carbocycles. The summed E-state index contributed by atoms with van der Waals surface area (Å²) in [5.41, 5.74) is 2.14. The SMILES string of the molecule is OCCC#Cc1ccsc1COCc1cccc(Br)c1. The minimum Gasteiger partial charge on any atom is -0.395 e. The second kappa shape index (κ2) is 8.23. The number of aliphatic hydroxyl groups is 1. The van der Waals surface area contributed by atoms with Crippen LogP contribution in [0, 0.1) is 11.8 Å². The van der Waals surface area contributed by atoms with E-state index in [1.54, 1.807) is 11.3 Å². The van der Waals surface area contributed by atoms with Gasteiger partial charge in [0.1, 0.15) is 0 Å². The van der Waals surface area contributed by atoms with Gasteiger partial charge in [0.15, 0.2) is 0 Å². The Morgan fingerprint density at radius 1 is 1.25 bits per heavy atom. The van der Waals surface area contributed by atoms with Crippen molar-refractivity contribution >= 4 is 27.3 Å². The molecule has 1 heterocycles. The van der Waals surface area contributed by atoms with E-state index in [-0.39, 0.29) is 6.61 Å². The fourth-order valence-electron chi connectivity index (χ4n) is 1.67. The van der Waals surface area contributed by atoms with E-state index in [2.05, 4.69) is 33.8 Å². The molecule has 4 heteroatoms. The quantitative estimate of drug-likeness (QED) is 0.827. The average Bonchev–Trinajstić information content (AvgIpc) is 2.87. The van der Waals surface area contributed by atoms with Crippen LogP contribution in [0.5, 0.6) is 0 Å². The number of ether oxygens (including phenoxy) is 1. The predicted octanol–water partition coefficient (Wildman–Crippen LogP) is 3.96. The molecule has 0 atom stereocenters. The molecule has 2 rings (SSSR count). The van der Waals surface area contributed by atoms with Crippen LogP contribution < -0.4 is 0 Å². The number of halogens is 1. The first-order valence-electron chi connectivity index (χ1n) is 6.28. The maximum atomic E-state index is 8.73. The Bertz CT molecular complexity index is 610. The van der Waals surface area contributed by atoms with Gasteiger partial charge in [0.2, 0.25) is 0 Å². The molecule has 2 aromatic rings. The summed E-state index contributed by atoms with van der Waals surface area (Å²) in [5.74, 6) is 6.00. The molecule has 104 valence electrons. The Kier molecular flexibility index (Phi) is 6.28. The zero-order valence-corrected chi connectivity index (χ0v) is 13.3. The Morgan fingerprint density at radius 3 is 2.95 bits per heavy atom. The summed E-state index contributed by atoms with van der Waals surface area (Å²) in [6.45, 7) is 1.25. The van der Waals surface area contributed by atoms with Gasteiger partial charge in [0, 0.05) is 21.3 Å². The first kappa shape index (κ1) is 15.3. The molecule has 0 radical (unpaired) electrons. The van der Waals surface area contributed by atoms with Crippen molar-refractivity contribution in [3.05, 3.63) is 56.2 Å². The Hall–Kier alpha value is -1.12. The highest BCUT2D eigenvalue weighted by atomic mass is 79.9. The maximum Gasteiger partial charge on any atom is 0.0826 e. The summed E-state index contributed by atoms with van der Waals surface area (Å²) < 4.78 is 6.80. The van der Waals surface area contributed by atoms with Crippen molar-refractivity contribution in [3.63, 3.8) is 0 Å². The van der Waals surface area contributed by atoms with E-state index < -0.39 is 0 Å². The summed E-state index contributed by atoms with van der Waals surface area (Å²) in [6, 6.07) is 10.1. The molecular formula is C16H15BrO2S. The van der Waals surface area contributed by atoms with Gasteiger partial charge in [-0.2, -0.15) is 0 Å². The van der Waals surface area contributed by atoms with E-state index in [1.807, 2.05) is 29.6 Å². The summed E-state index contributed by atoms with van der Waals surface area (Å²) >= 11 is 5.09. The van der Waals surface area contributed by atoms with Crippen LogP contribution in [0.4, 0.5) is 0 Å². The standard InChI is InChI=1S/C16H15BrO2S/c17-15-6-3-4-13(10-15)11-19-12-16-14(7-9-20-16)5-1-2-8-18/h3-4,6-7,9-10,18H,2,8,11-12H2. The Morgan fingerprint density at radius 2 is 2.15 bits per heavy atom. The van der Waals surface area contributed by atoms with E-state index in [0.717, 1.165) is 20.5 Å². The maximum absolute atomic E-state index is 8.73. The van der Waals surface area contributed by atoms with E-state index in [4.69, 9.17) is 9.84 Å². The molecule has 0 spiro atoms. The zero-order valence-electron chi connectivity index (χ0n) is 10.9. The lowest BCUT2D eigenvalue weighted by Gasteiger charge is -2.04.